The fraction of sp³-hybridized carbons (Fsp3) is 0.636. The minimum absolute atomic E-state index is 0.108. The summed E-state index contributed by atoms with van der Waals surface area (Å²) in [5.74, 6) is -0.880. The quantitative estimate of drug-likeness (QED) is 0.785. The molecule has 0 aromatic carbocycles. The van der Waals surface area contributed by atoms with Crippen LogP contribution in [0.1, 0.15) is 32.5 Å². The summed E-state index contributed by atoms with van der Waals surface area (Å²) in [5.41, 5.74) is 5.34. The molecule has 0 spiro atoms. The summed E-state index contributed by atoms with van der Waals surface area (Å²) >= 11 is 0. The van der Waals surface area contributed by atoms with E-state index in [1.165, 1.54) is 0 Å². The number of aliphatic carboxylic acids is 1. The van der Waals surface area contributed by atoms with E-state index in [4.69, 9.17) is 10.8 Å². The van der Waals surface area contributed by atoms with Crippen LogP contribution in [0.25, 0.3) is 0 Å². The van der Waals surface area contributed by atoms with Crippen LogP contribution in [-0.4, -0.2) is 27.4 Å². The summed E-state index contributed by atoms with van der Waals surface area (Å²) in [6.07, 6.45) is 2.22. The fourth-order valence-corrected chi connectivity index (χ4v) is 1.39. The van der Waals surface area contributed by atoms with Crippen molar-refractivity contribution in [1.29, 1.82) is 0 Å². The van der Waals surface area contributed by atoms with Gasteiger partial charge in [-0.3, -0.25) is 9.48 Å². The van der Waals surface area contributed by atoms with Crippen LogP contribution < -0.4 is 5.73 Å². The molecule has 0 amide bonds. The number of nitrogens with two attached hydrogens (primary N) is 1. The summed E-state index contributed by atoms with van der Waals surface area (Å²) in [6.45, 7) is 5.80. The normalized spacial score (nSPS) is 15.1. The van der Waals surface area contributed by atoms with Gasteiger partial charge in [0.05, 0.1) is 11.1 Å². The van der Waals surface area contributed by atoms with Crippen molar-refractivity contribution in [3.05, 3.63) is 18.0 Å². The SMILES string of the molecule is CC(C)n1ccc(CC(C)(CN)C(=O)O)n1. The first-order chi connectivity index (χ1) is 7.39. The van der Waals surface area contributed by atoms with E-state index in [0.29, 0.717) is 6.42 Å². The second-order valence-corrected chi connectivity index (χ2v) is 4.63. The summed E-state index contributed by atoms with van der Waals surface area (Å²) in [5, 5.41) is 13.4. The van der Waals surface area contributed by atoms with E-state index in [0.717, 1.165) is 5.69 Å². The van der Waals surface area contributed by atoms with Gasteiger partial charge in [-0.25, -0.2) is 0 Å². The Bertz CT molecular complexity index is 373. The first kappa shape index (κ1) is 12.7. The minimum Gasteiger partial charge on any atom is -0.481 e. The van der Waals surface area contributed by atoms with Gasteiger partial charge in [-0.2, -0.15) is 5.10 Å². The number of nitrogens with zero attached hydrogens (tertiary/aromatic N) is 2. The zero-order valence-electron chi connectivity index (χ0n) is 9.97. The van der Waals surface area contributed by atoms with Crippen molar-refractivity contribution in [3.63, 3.8) is 0 Å². The molecular weight excluding hydrogens is 206 g/mol. The molecule has 0 fully saturated rings. The van der Waals surface area contributed by atoms with E-state index in [2.05, 4.69) is 5.10 Å². The third-order valence-corrected chi connectivity index (χ3v) is 2.73. The molecule has 0 aliphatic heterocycles. The van der Waals surface area contributed by atoms with Gasteiger partial charge in [0.2, 0.25) is 0 Å². The molecule has 90 valence electrons. The highest BCUT2D eigenvalue weighted by atomic mass is 16.4. The largest absolute Gasteiger partial charge is 0.481 e. The van der Waals surface area contributed by atoms with E-state index >= 15 is 0 Å². The summed E-state index contributed by atoms with van der Waals surface area (Å²) < 4.78 is 1.81. The molecule has 5 nitrogen and oxygen atoms in total. The lowest BCUT2D eigenvalue weighted by Gasteiger charge is -2.21. The molecule has 0 saturated carbocycles. The van der Waals surface area contributed by atoms with E-state index in [1.807, 2.05) is 30.8 Å². The van der Waals surface area contributed by atoms with Crippen LogP contribution in [-0.2, 0) is 11.2 Å². The maximum absolute atomic E-state index is 11.1. The Balaban J connectivity index is 2.82. The first-order valence-corrected chi connectivity index (χ1v) is 5.36. The third kappa shape index (κ3) is 2.61. The number of hydrogen-bond donors (Lipinski definition) is 2. The van der Waals surface area contributed by atoms with Gasteiger partial charge in [-0.1, -0.05) is 0 Å². The van der Waals surface area contributed by atoms with E-state index < -0.39 is 11.4 Å². The molecule has 0 saturated heterocycles. The van der Waals surface area contributed by atoms with Gasteiger partial charge in [0.15, 0.2) is 0 Å². The van der Waals surface area contributed by atoms with Gasteiger partial charge in [0, 0.05) is 25.2 Å². The lowest BCUT2D eigenvalue weighted by Crippen LogP contribution is -2.37. The van der Waals surface area contributed by atoms with E-state index in [-0.39, 0.29) is 12.6 Å². The third-order valence-electron chi connectivity index (χ3n) is 2.73. The molecule has 1 aromatic heterocycles. The Morgan fingerprint density at radius 2 is 2.31 bits per heavy atom. The highest BCUT2D eigenvalue weighted by Crippen LogP contribution is 2.21. The van der Waals surface area contributed by atoms with Crippen molar-refractivity contribution in [2.45, 2.75) is 33.2 Å². The number of carboxylic acids is 1. The van der Waals surface area contributed by atoms with Gasteiger partial charge in [0.25, 0.3) is 0 Å². The molecule has 1 heterocycles. The zero-order valence-corrected chi connectivity index (χ0v) is 9.97. The molecule has 1 rings (SSSR count). The van der Waals surface area contributed by atoms with Crippen LogP contribution in [0, 0.1) is 5.41 Å². The minimum atomic E-state index is -0.934. The predicted molar refractivity (Wildman–Crippen MR) is 61.1 cm³/mol. The summed E-state index contributed by atoms with van der Waals surface area (Å²) in [7, 11) is 0. The van der Waals surface area contributed by atoms with Crippen molar-refractivity contribution >= 4 is 5.97 Å². The van der Waals surface area contributed by atoms with E-state index in [1.54, 1.807) is 6.92 Å². The van der Waals surface area contributed by atoms with Gasteiger partial charge in [-0.15, -0.1) is 0 Å². The van der Waals surface area contributed by atoms with Crippen molar-refractivity contribution < 1.29 is 9.90 Å². The Hall–Kier alpha value is -1.36. The second-order valence-electron chi connectivity index (χ2n) is 4.63. The number of carboxylic acid groups (broad SMARTS) is 1. The van der Waals surface area contributed by atoms with Crippen molar-refractivity contribution in [2.24, 2.45) is 11.1 Å². The smallest absolute Gasteiger partial charge is 0.311 e. The number of carbonyl (C=O) groups is 1. The maximum Gasteiger partial charge on any atom is 0.311 e. The molecule has 1 unspecified atom stereocenters. The van der Waals surface area contributed by atoms with E-state index in [9.17, 15) is 4.79 Å². The Morgan fingerprint density at radius 3 is 2.69 bits per heavy atom. The average Bonchev–Trinajstić information content (AvgIpc) is 2.65. The molecule has 16 heavy (non-hydrogen) atoms. The number of aromatic nitrogens is 2. The Kier molecular flexibility index (Phi) is 3.70. The molecule has 3 N–H and O–H groups in total. The van der Waals surface area contributed by atoms with Crippen LogP contribution in [0.3, 0.4) is 0 Å². The summed E-state index contributed by atoms with van der Waals surface area (Å²) in [4.78, 5) is 11.1. The molecule has 1 atom stereocenters. The van der Waals surface area contributed by atoms with Gasteiger partial charge in [0.1, 0.15) is 0 Å². The topological polar surface area (TPSA) is 81.1 Å². The lowest BCUT2D eigenvalue weighted by atomic mass is 9.86. The number of rotatable bonds is 5. The van der Waals surface area contributed by atoms with Crippen molar-refractivity contribution in [2.75, 3.05) is 6.54 Å². The molecule has 0 aliphatic rings. The molecule has 5 heteroatoms. The molecular formula is C11H19N3O2. The van der Waals surface area contributed by atoms with Crippen molar-refractivity contribution in [1.82, 2.24) is 9.78 Å². The molecule has 1 aromatic rings. The zero-order chi connectivity index (χ0) is 12.3. The lowest BCUT2D eigenvalue weighted by molar-refractivity contribution is -0.147. The van der Waals surface area contributed by atoms with Crippen LogP contribution >= 0.6 is 0 Å². The summed E-state index contributed by atoms with van der Waals surface area (Å²) in [6, 6.07) is 2.12. The van der Waals surface area contributed by atoms with Gasteiger partial charge in [-0.05, 0) is 26.8 Å². The first-order valence-electron chi connectivity index (χ1n) is 5.36. The highest BCUT2D eigenvalue weighted by molar-refractivity contribution is 5.74. The monoisotopic (exact) mass is 225 g/mol. The van der Waals surface area contributed by atoms with Gasteiger partial charge >= 0.3 is 5.97 Å². The fourth-order valence-electron chi connectivity index (χ4n) is 1.39. The van der Waals surface area contributed by atoms with Crippen LogP contribution in [0.2, 0.25) is 0 Å². The van der Waals surface area contributed by atoms with Crippen LogP contribution in [0.15, 0.2) is 12.3 Å². The Morgan fingerprint density at radius 1 is 1.69 bits per heavy atom. The molecule has 0 aliphatic carbocycles. The second kappa shape index (κ2) is 4.65. The number of hydrogen-bond acceptors (Lipinski definition) is 3. The van der Waals surface area contributed by atoms with Crippen LogP contribution in [0.4, 0.5) is 0 Å². The highest BCUT2D eigenvalue weighted by Gasteiger charge is 2.32. The standard InChI is InChI=1S/C11H19N3O2/c1-8(2)14-5-4-9(13-14)6-11(3,7-12)10(15)16/h4-5,8H,6-7,12H2,1-3H3,(H,15,16). The Labute approximate surface area is 95.3 Å². The molecule has 0 radical (unpaired) electrons. The predicted octanol–water partition coefficient (Wildman–Crippen LogP) is 1.06. The van der Waals surface area contributed by atoms with Crippen LogP contribution in [0.5, 0.6) is 0 Å². The molecule has 0 bridgehead atoms. The van der Waals surface area contributed by atoms with Gasteiger partial charge < -0.3 is 10.8 Å². The van der Waals surface area contributed by atoms with Crippen molar-refractivity contribution in [3.8, 4) is 0 Å². The maximum atomic E-state index is 11.1. The average molecular weight is 225 g/mol.